The Morgan fingerprint density at radius 1 is 0.600 bits per heavy atom. The van der Waals surface area contributed by atoms with Crippen LogP contribution in [0.15, 0.2) is 0 Å². The maximum absolute atomic E-state index is 5.43. The fourth-order valence-corrected chi connectivity index (χ4v) is 2.05. The van der Waals surface area contributed by atoms with Crippen molar-refractivity contribution in [2.75, 3.05) is 11.9 Å². The van der Waals surface area contributed by atoms with Gasteiger partial charge in [0, 0.05) is 5.33 Å². The summed E-state index contributed by atoms with van der Waals surface area (Å²) in [6, 6.07) is 0. The molecule has 0 radical (unpaired) electrons. The Labute approximate surface area is 114 Å². The molecule has 0 unspecified atom stereocenters. The molecule has 0 fully saturated rings. The maximum atomic E-state index is 5.43. The molecule has 15 heavy (non-hydrogen) atoms. The van der Waals surface area contributed by atoms with Gasteiger partial charge in [-0.05, 0) is 19.4 Å². The predicted molar refractivity (Wildman–Crippen MR) is 79.3 cm³/mol. The lowest BCUT2D eigenvalue weighted by Gasteiger charge is -2.01. The number of rotatable bonds is 11. The first-order valence-corrected chi connectivity index (χ1v) is 7.30. The standard InChI is InChI=1S/C12H26BrN.BrH/c13-11-9-7-5-3-1-2-4-6-8-10-12-14;/h1-12,14H2;1H. The van der Waals surface area contributed by atoms with Crippen LogP contribution in [-0.4, -0.2) is 11.9 Å². The zero-order valence-electron chi connectivity index (χ0n) is 9.85. The molecule has 0 aliphatic rings. The Kier molecular flexibility index (Phi) is 21.1. The third-order valence-electron chi connectivity index (χ3n) is 2.59. The summed E-state index contributed by atoms with van der Waals surface area (Å²) in [6.45, 7) is 0.868. The molecule has 0 bridgehead atoms. The largest absolute Gasteiger partial charge is 0.330 e. The SMILES string of the molecule is Br.NCCCCCCCCCCCCBr. The normalized spacial score (nSPS) is 10.0. The van der Waals surface area contributed by atoms with E-state index in [0.29, 0.717) is 0 Å². The van der Waals surface area contributed by atoms with E-state index in [-0.39, 0.29) is 17.0 Å². The Morgan fingerprint density at radius 3 is 1.27 bits per heavy atom. The summed E-state index contributed by atoms with van der Waals surface area (Å²) in [5, 5.41) is 1.17. The molecule has 0 rings (SSSR count). The Bertz CT molecular complexity index is 87.6. The van der Waals surface area contributed by atoms with Crippen LogP contribution in [0.25, 0.3) is 0 Å². The second-order valence-electron chi connectivity index (χ2n) is 4.01. The van der Waals surface area contributed by atoms with Gasteiger partial charge in [0.1, 0.15) is 0 Å². The molecule has 0 aliphatic heterocycles. The molecule has 0 heterocycles. The molecule has 94 valence electrons. The van der Waals surface area contributed by atoms with Crippen molar-refractivity contribution in [3.05, 3.63) is 0 Å². The zero-order valence-corrected chi connectivity index (χ0v) is 13.1. The van der Waals surface area contributed by atoms with E-state index in [1.807, 2.05) is 0 Å². The van der Waals surface area contributed by atoms with Crippen molar-refractivity contribution in [1.29, 1.82) is 0 Å². The minimum atomic E-state index is 0. The fourth-order valence-electron chi connectivity index (χ4n) is 1.65. The lowest BCUT2D eigenvalue weighted by atomic mass is 10.1. The van der Waals surface area contributed by atoms with E-state index >= 15 is 0 Å². The van der Waals surface area contributed by atoms with Crippen LogP contribution >= 0.6 is 32.9 Å². The first-order chi connectivity index (χ1) is 6.91. The number of hydrogen-bond donors (Lipinski definition) is 1. The monoisotopic (exact) mass is 343 g/mol. The zero-order chi connectivity index (χ0) is 10.5. The van der Waals surface area contributed by atoms with Crippen LogP contribution in [-0.2, 0) is 0 Å². The summed E-state index contributed by atoms with van der Waals surface area (Å²) in [5.41, 5.74) is 5.43. The van der Waals surface area contributed by atoms with Crippen LogP contribution in [0.3, 0.4) is 0 Å². The highest BCUT2D eigenvalue weighted by Gasteiger charge is 1.91. The van der Waals surface area contributed by atoms with E-state index < -0.39 is 0 Å². The molecule has 3 heteroatoms. The summed E-state index contributed by atoms with van der Waals surface area (Å²) < 4.78 is 0. The van der Waals surface area contributed by atoms with E-state index in [1.165, 1.54) is 69.5 Å². The third kappa shape index (κ3) is 17.5. The molecule has 0 aromatic rings. The maximum Gasteiger partial charge on any atom is 0.00313 e. The van der Waals surface area contributed by atoms with Gasteiger partial charge in [0.15, 0.2) is 0 Å². The third-order valence-corrected chi connectivity index (χ3v) is 3.15. The molecule has 0 amide bonds. The van der Waals surface area contributed by atoms with E-state index in [9.17, 15) is 0 Å². The summed E-state index contributed by atoms with van der Waals surface area (Å²) in [7, 11) is 0. The number of halogens is 2. The highest BCUT2D eigenvalue weighted by molar-refractivity contribution is 9.09. The van der Waals surface area contributed by atoms with Crippen molar-refractivity contribution < 1.29 is 0 Å². The van der Waals surface area contributed by atoms with Crippen molar-refractivity contribution in [2.45, 2.75) is 64.2 Å². The Morgan fingerprint density at radius 2 is 0.933 bits per heavy atom. The predicted octanol–water partition coefficient (Wildman–Crippen LogP) is 4.82. The molecule has 0 atom stereocenters. The molecule has 0 spiro atoms. The van der Waals surface area contributed by atoms with Crippen molar-refractivity contribution >= 4 is 32.9 Å². The first kappa shape index (κ1) is 18.3. The van der Waals surface area contributed by atoms with Crippen molar-refractivity contribution in [2.24, 2.45) is 5.73 Å². The fraction of sp³-hybridized carbons (Fsp3) is 1.00. The van der Waals surface area contributed by atoms with Crippen molar-refractivity contribution in [1.82, 2.24) is 0 Å². The van der Waals surface area contributed by atoms with Gasteiger partial charge in [0.2, 0.25) is 0 Å². The summed E-state index contributed by atoms with van der Waals surface area (Å²) in [4.78, 5) is 0. The van der Waals surface area contributed by atoms with Crippen LogP contribution in [0.5, 0.6) is 0 Å². The second-order valence-corrected chi connectivity index (χ2v) is 4.81. The molecule has 0 aromatic carbocycles. The number of nitrogens with two attached hydrogens (primary N) is 1. The van der Waals surface area contributed by atoms with Gasteiger partial charge in [0.25, 0.3) is 0 Å². The molecule has 0 saturated heterocycles. The van der Waals surface area contributed by atoms with Gasteiger partial charge in [-0.15, -0.1) is 17.0 Å². The average Bonchev–Trinajstić information content (AvgIpc) is 2.21. The van der Waals surface area contributed by atoms with Gasteiger partial charge in [-0.3, -0.25) is 0 Å². The minimum absolute atomic E-state index is 0. The molecule has 0 saturated carbocycles. The van der Waals surface area contributed by atoms with Crippen LogP contribution in [0, 0.1) is 0 Å². The topological polar surface area (TPSA) is 26.0 Å². The van der Waals surface area contributed by atoms with Gasteiger partial charge in [-0.2, -0.15) is 0 Å². The van der Waals surface area contributed by atoms with Gasteiger partial charge in [0.05, 0.1) is 0 Å². The van der Waals surface area contributed by atoms with Crippen molar-refractivity contribution in [3.63, 3.8) is 0 Å². The van der Waals surface area contributed by atoms with E-state index in [1.54, 1.807) is 0 Å². The molecular formula is C12H27Br2N. The smallest absolute Gasteiger partial charge is 0.00313 e. The van der Waals surface area contributed by atoms with E-state index in [0.717, 1.165) is 6.54 Å². The number of hydrogen-bond acceptors (Lipinski definition) is 1. The van der Waals surface area contributed by atoms with Gasteiger partial charge in [-0.25, -0.2) is 0 Å². The highest BCUT2D eigenvalue weighted by Crippen LogP contribution is 2.10. The van der Waals surface area contributed by atoms with Crippen LogP contribution in [0.1, 0.15) is 64.2 Å². The number of alkyl halides is 1. The van der Waals surface area contributed by atoms with Gasteiger partial charge >= 0.3 is 0 Å². The lowest BCUT2D eigenvalue weighted by Crippen LogP contribution is -1.97. The van der Waals surface area contributed by atoms with E-state index in [4.69, 9.17) is 5.73 Å². The molecular weight excluding hydrogens is 318 g/mol. The van der Waals surface area contributed by atoms with Gasteiger partial charge < -0.3 is 5.73 Å². The van der Waals surface area contributed by atoms with Crippen LogP contribution in [0.2, 0.25) is 0 Å². The van der Waals surface area contributed by atoms with E-state index in [2.05, 4.69) is 15.9 Å². The van der Waals surface area contributed by atoms with Crippen LogP contribution < -0.4 is 5.73 Å². The second kappa shape index (κ2) is 17.3. The summed E-state index contributed by atoms with van der Waals surface area (Å²) in [6.07, 6.45) is 13.8. The highest BCUT2D eigenvalue weighted by atomic mass is 79.9. The summed E-state index contributed by atoms with van der Waals surface area (Å²) >= 11 is 3.46. The molecule has 2 N–H and O–H groups in total. The molecule has 1 nitrogen and oxygen atoms in total. The average molecular weight is 345 g/mol. The van der Waals surface area contributed by atoms with Crippen molar-refractivity contribution in [3.8, 4) is 0 Å². The van der Waals surface area contributed by atoms with Crippen LogP contribution in [0.4, 0.5) is 0 Å². The quantitative estimate of drug-likeness (QED) is 0.422. The molecule has 0 aromatic heterocycles. The lowest BCUT2D eigenvalue weighted by molar-refractivity contribution is 0.559. The van der Waals surface area contributed by atoms with Gasteiger partial charge in [-0.1, -0.05) is 67.3 Å². The Balaban J connectivity index is 0. The molecule has 0 aliphatic carbocycles. The summed E-state index contributed by atoms with van der Waals surface area (Å²) in [5.74, 6) is 0. The Hall–Kier alpha value is 0.920. The number of unbranched alkanes of at least 4 members (excludes halogenated alkanes) is 9. The first-order valence-electron chi connectivity index (χ1n) is 6.18. The minimum Gasteiger partial charge on any atom is -0.330 e.